The number of anilines is 1. The van der Waals surface area contributed by atoms with Gasteiger partial charge in [-0.25, -0.2) is 4.79 Å². The summed E-state index contributed by atoms with van der Waals surface area (Å²) in [7, 11) is 1.24. The number of hydrazone groups is 1. The molecule has 0 spiro atoms. The number of hydrogen-bond acceptors (Lipinski definition) is 5. The topological polar surface area (TPSA) is 72.1 Å². The molecule has 0 saturated carbocycles. The number of carbonyl (C=O) groups is 2. The number of benzene rings is 2. The summed E-state index contributed by atoms with van der Waals surface area (Å²) in [5, 5.41) is 5.26. The van der Waals surface area contributed by atoms with Gasteiger partial charge in [-0.1, -0.05) is 17.7 Å². The minimum atomic E-state index is -4.55. The quantitative estimate of drug-likeness (QED) is 0.323. The van der Waals surface area contributed by atoms with Crippen molar-refractivity contribution >= 4 is 41.0 Å². The lowest BCUT2D eigenvalue weighted by Crippen LogP contribution is -2.21. The van der Waals surface area contributed by atoms with Gasteiger partial charge in [-0.05, 0) is 61.5 Å². The van der Waals surface area contributed by atoms with Crippen LogP contribution < -0.4 is 5.01 Å². The summed E-state index contributed by atoms with van der Waals surface area (Å²) < 4.78 is 49.7. The molecule has 0 aliphatic carbocycles. The maximum absolute atomic E-state index is 13.1. The Labute approximate surface area is 196 Å². The van der Waals surface area contributed by atoms with E-state index in [0.29, 0.717) is 22.8 Å². The van der Waals surface area contributed by atoms with Gasteiger partial charge in [0.15, 0.2) is 0 Å². The highest BCUT2D eigenvalue weighted by atomic mass is 35.5. The first kappa shape index (κ1) is 23.3. The van der Waals surface area contributed by atoms with E-state index in [9.17, 15) is 22.8 Å². The molecule has 6 nitrogen and oxygen atoms in total. The van der Waals surface area contributed by atoms with Crippen molar-refractivity contribution in [2.75, 3.05) is 12.1 Å². The summed E-state index contributed by atoms with van der Waals surface area (Å²) >= 11 is 6.05. The number of hydrogen-bond donors (Lipinski definition) is 0. The Morgan fingerprint density at radius 1 is 1.15 bits per heavy atom. The summed E-state index contributed by atoms with van der Waals surface area (Å²) in [5.74, 6) is -0.468. The molecule has 0 atom stereocenters. The van der Waals surface area contributed by atoms with Crippen molar-refractivity contribution < 1.29 is 31.9 Å². The van der Waals surface area contributed by atoms with Crippen molar-refractivity contribution in [1.82, 2.24) is 0 Å². The molecule has 0 radical (unpaired) electrons. The van der Waals surface area contributed by atoms with Gasteiger partial charge < -0.3 is 9.15 Å². The summed E-state index contributed by atoms with van der Waals surface area (Å²) in [6.07, 6.45) is -3.09. The predicted molar refractivity (Wildman–Crippen MR) is 121 cm³/mol. The maximum Gasteiger partial charge on any atom is 0.416 e. The van der Waals surface area contributed by atoms with Gasteiger partial charge in [-0.3, -0.25) is 4.79 Å². The van der Waals surface area contributed by atoms with Gasteiger partial charge in [-0.2, -0.15) is 23.3 Å². The number of methoxy groups -OCH3 is 1. The van der Waals surface area contributed by atoms with Crippen LogP contribution in [0.4, 0.5) is 18.9 Å². The van der Waals surface area contributed by atoms with Crippen LogP contribution in [0.1, 0.15) is 28.6 Å². The minimum Gasteiger partial charge on any atom is -0.465 e. The number of furan rings is 1. The van der Waals surface area contributed by atoms with Gasteiger partial charge in [-0.15, -0.1) is 0 Å². The van der Waals surface area contributed by atoms with Crippen LogP contribution in [-0.4, -0.2) is 24.7 Å². The first-order valence-electron chi connectivity index (χ1n) is 9.85. The Morgan fingerprint density at radius 3 is 2.62 bits per heavy atom. The Balaban J connectivity index is 1.62. The van der Waals surface area contributed by atoms with E-state index in [-0.39, 0.29) is 21.8 Å². The van der Waals surface area contributed by atoms with Crippen molar-refractivity contribution in [2.24, 2.45) is 5.10 Å². The van der Waals surface area contributed by atoms with E-state index in [1.807, 2.05) is 0 Å². The SMILES string of the molecule is COC(=O)c1cc(-c2ccc(/C=C3\C(=O)N(c4cccc(C(F)(F)F)c4)N=C3C)o2)ccc1Cl. The molecule has 0 saturated heterocycles. The lowest BCUT2D eigenvalue weighted by Gasteiger charge is -2.14. The fraction of sp³-hybridized carbons (Fsp3) is 0.125. The van der Waals surface area contributed by atoms with Gasteiger partial charge in [0.05, 0.1) is 40.2 Å². The van der Waals surface area contributed by atoms with Gasteiger partial charge in [0.2, 0.25) is 0 Å². The third-order valence-electron chi connectivity index (χ3n) is 5.05. The molecule has 1 aliphatic heterocycles. The van der Waals surface area contributed by atoms with E-state index < -0.39 is 23.6 Å². The number of amides is 1. The average molecular weight is 489 g/mol. The second-order valence-electron chi connectivity index (χ2n) is 7.30. The Hall–Kier alpha value is -3.85. The van der Waals surface area contributed by atoms with Crippen molar-refractivity contribution in [1.29, 1.82) is 0 Å². The Bertz CT molecular complexity index is 1360. The molecular weight excluding hydrogens is 473 g/mol. The van der Waals surface area contributed by atoms with Gasteiger partial charge in [0, 0.05) is 5.56 Å². The smallest absolute Gasteiger partial charge is 0.416 e. The second-order valence-corrected chi connectivity index (χ2v) is 7.70. The fourth-order valence-electron chi connectivity index (χ4n) is 3.35. The van der Waals surface area contributed by atoms with Crippen LogP contribution in [0.25, 0.3) is 17.4 Å². The van der Waals surface area contributed by atoms with E-state index >= 15 is 0 Å². The van der Waals surface area contributed by atoms with Crippen molar-refractivity contribution in [3.63, 3.8) is 0 Å². The van der Waals surface area contributed by atoms with Crippen LogP contribution in [0.3, 0.4) is 0 Å². The number of rotatable bonds is 4. The van der Waals surface area contributed by atoms with Crippen LogP contribution >= 0.6 is 11.6 Å². The summed E-state index contributed by atoms with van der Waals surface area (Å²) in [6, 6.07) is 12.3. The molecule has 10 heteroatoms. The highest BCUT2D eigenvalue weighted by Gasteiger charge is 2.33. The van der Waals surface area contributed by atoms with Crippen LogP contribution in [0.15, 0.2) is 69.7 Å². The second kappa shape index (κ2) is 8.83. The predicted octanol–water partition coefficient (Wildman–Crippen LogP) is 6.21. The van der Waals surface area contributed by atoms with Crippen molar-refractivity contribution in [3.05, 3.63) is 82.1 Å². The number of nitrogens with zero attached hydrogens (tertiary/aromatic N) is 2. The third kappa shape index (κ3) is 4.47. The van der Waals surface area contributed by atoms with Crippen LogP contribution in [-0.2, 0) is 15.7 Å². The molecule has 2 heterocycles. The lowest BCUT2D eigenvalue weighted by molar-refractivity contribution is -0.137. The van der Waals surface area contributed by atoms with Gasteiger partial charge in [0.25, 0.3) is 5.91 Å². The standard InChI is InChI=1S/C24H16ClF3N2O4/c1-13-18(22(31)30(29-13)16-5-3-4-15(11-16)24(26,27)28)12-17-7-9-21(34-17)14-6-8-20(25)19(10-14)23(32)33-2/h3-12H,1-2H3/b18-12-. The van der Waals surface area contributed by atoms with Crippen molar-refractivity contribution in [2.45, 2.75) is 13.1 Å². The van der Waals surface area contributed by atoms with Crippen LogP contribution in [0.5, 0.6) is 0 Å². The molecule has 0 unspecified atom stereocenters. The number of carbonyl (C=O) groups excluding carboxylic acids is 2. The largest absolute Gasteiger partial charge is 0.465 e. The molecule has 2 aromatic carbocycles. The number of ether oxygens (including phenoxy) is 1. The van der Waals surface area contributed by atoms with E-state index in [2.05, 4.69) is 5.10 Å². The van der Waals surface area contributed by atoms with E-state index in [1.165, 1.54) is 37.5 Å². The monoisotopic (exact) mass is 488 g/mol. The summed E-state index contributed by atoms with van der Waals surface area (Å²) in [5.41, 5.74) is 0.337. The zero-order valence-electron chi connectivity index (χ0n) is 17.8. The number of alkyl halides is 3. The highest BCUT2D eigenvalue weighted by Crippen LogP contribution is 2.34. The van der Waals surface area contributed by atoms with Crippen LogP contribution in [0, 0.1) is 0 Å². The van der Waals surface area contributed by atoms with Crippen molar-refractivity contribution in [3.8, 4) is 11.3 Å². The molecule has 3 aromatic rings. The minimum absolute atomic E-state index is 0.000729. The maximum atomic E-state index is 13.1. The summed E-state index contributed by atoms with van der Waals surface area (Å²) in [4.78, 5) is 24.8. The average Bonchev–Trinajstić information content (AvgIpc) is 3.38. The first-order valence-corrected chi connectivity index (χ1v) is 10.2. The Morgan fingerprint density at radius 2 is 1.91 bits per heavy atom. The molecule has 0 fully saturated rings. The molecule has 0 N–H and O–H groups in total. The van der Waals surface area contributed by atoms with E-state index in [1.54, 1.807) is 25.1 Å². The summed E-state index contributed by atoms with van der Waals surface area (Å²) in [6.45, 7) is 1.57. The molecule has 34 heavy (non-hydrogen) atoms. The zero-order valence-corrected chi connectivity index (χ0v) is 18.6. The molecule has 4 rings (SSSR count). The molecule has 1 aliphatic rings. The van der Waals surface area contributed by atoms with E-state index in [4.69, 9.17) is 20.8 Å². The first-order chi connectivity index (χ1) is 16.1. The zero-order chi connectivity index (χ0) is 24.6. The van der Waals surface area contributed by atoms with E-state index in [0.717, 1.165) is 17.1 Å². The molecule has 0 bridgehead atoms. The molecule has 1 aromatic heterocycles. The molecule has 1 amide bonds. The number of halogens is 4. The number of esters is 1. The normalized spacial score (nSPS) is 15.1. The van der Waals surface area contributed by atoms with Gasteiger partial charge >= 0.3 is 12.1 Å². The fourth-order valence-corrected chi connectivity index (χ4v) is 3.54. The molecular formula is C24H16ClF3N2O4. The molecule has 174 valence electrons. The van der Waals surface area contributed by atoms with Gasteiger partial charge in [0.1, 0.15) is 11.5 Å². The lowest BCUT2D eigenvalue weighted by atomic mass is 10.1. The highest BCUT2D eigenvalue weighted by molar-refractivity contribution is 6.33. The Kier molecular flexibility index (Phi) is 6.05. The van der Waals surface area contributed by atoms with Crippen LogP contribution in [0.2, 0.25) is 5.02 Å². The third-order valence-corrected chi connectivity index (χ3v) is 5.38.